The number of hydrogen-bond donors (Lipinski definition) is 2. The predicted octanol–water partition coefficient (Wildman–Crippen LogP) is 3.66. The first kappa shape index (κ1) is 23.1. The number of hydrogen-bond acceptors (Lipinski definition) is 5. The highest BCUT2D eigenvalue weighted by atomic mass is 35.5. The van der Waals surface area contributed by atoms with Gasteiger partial charge in [-0.3, -0.25) is 9.36 Å². The van der Waals surface area contributed by atoms with Crippen LogP contribution in [0.2, 0.25) is 5.02 Å². The lowest BCUT2D eigenvalue weighted by Gasteiger charge is -2.25. The number of aromatic hydroxyl groups is 1. The Bertz CT molecular complexity index is 1530. The summed E-state index contributed by atoms with van der Waals surface area (Å²) in [6.45, 7) is 3.59. The molecule has 0 saturated carbocycles. The first-order valence-corrected chi connectivity index (χ1v) is 11.9. The van der Waals surface area contributed by atoms with Gasteiger partial charge in [-0.05, 0) is 62.7 Å². The zero-order chi connectivity index (χ0) is 24.7. The molecule has 0 bridgehead atoms. The third-order valence-electron chi connectivity index (χ3n) is 6.50. The number of aryl methyl sites for hydroxylation is 2. The van der Waals surface area contributed by atoms with Gasteiger partial charge in [0, 0.05) is 54.6 Å². The fourth-order valence-electron chi connectivity index (χ4n) is 4.62. The lowest BCUT2D eigenvalue weighted by molar-refractivity contribution is 0.361. The Kier molecular flexibility index (Phi) is 6.08. The van der Waals surface area contributed by atoms with Crippen molar-refractivity contribution in [1.82, 2.24) is 24.0 Å². The smallest absolute Gasteiger partial charge is 0.332 e. The van der Waals surface area contributed by atoms with Gasteiger partial charge in [0.15, 0.2) is 0 Å². The number of nitrogens with one attached hydrogen (secondary N) is 1. The van der Waals surface area contributed by atoms with Crippen LogP contribution in [-0.4, -0.2) is 36.9 Å². The summed E-state index contributed by atoms with van der Waals surface area (Å²) in [7, 11) is 1.68. The maximum Gasteiger partial charge on any atom is 0.332 e. The van der Waals surface area contributed by atoms with E-state index in [4.69, 9.17) is 11.6 Å². The Morgan fingerprint density at radius 3 is 2.49 bits per heavy atom. The van der Waals surface area contributed by atoms with Crippen molar-refractivity contribution in [3.8, 4) is 33.8 Å². The number of nitrogens with zero attached hydrogens (tertiary/aromatic N) is 4. The number of rotatable bonds is 4. The highest BCUT2D eigenvalue weighted by Gasteiger charge is 2.20. The molecule has 5 rings (SSSR count). The lowest BCUT2D eigenvalue weighted by Crippen LogP contribution is -2.33. The van der Waals surface area contributed by atoms with Crippen LogP contribution in [0.1, 0.15) is 24.6 Å². The molecule has 1 saturated heterocycles. The van der Waals surface area contributed by atoms with Crippen LogP contribution in [0.3, 0.4) is 0 Å². The Morgan fingerprint density at radius 2 is 1.80 bits per heavy atom. The van der Waals surface area contributed by atoms with Crippen molar-refractivity contribution >= 4 is 11.6 Å². The molecule has 0 aliphatic carbocycles. The quantitative estimate of drug-likeness (QED) is 0.454. The van der Waals surface area contributed by atoms with Crippen LogP contribution in [0, 0.1) is 6.92 Å². The summed E-state index contributed by atoms with van der Waals surface area (Å²) in [5.41, 5.74) is 3.35. The van der Waals surface area contributed by atoms with Gasteiger partial charge >= 0.3 is 5.69 Å². The largest absolute Gasteiger partial charge is 0.505 e. The third-order valence-corrected chi connectivity index (χ3v) is 6.80. The van der Waals surface area contributed by atoms with E-state index in [9.17, 15) is 14.7 Å². The third kappa shape index (κ3) is 4.31. The molecule has 4 aromatic rings. The van der Waals surface area contributed by atoms with E-state index in [0.29, 0.717) is 38.8 Å². The van der Waals surface area contributed by atoms with Crippen LogP contribution in [-0.2, 0) is 7.05 Å². The topological polar surface area (TPSA) is 94.1 Å². The van der Waals surface area contributed by atoms with E-state index < -0.39 is 0 Å². The number of aromatic nitrogens is 4. The zero-order valence-electron chi connectivity index (χ0n) is 19.5. The van der Waals surface area contributed by atoms with Gasteiger partial charge in [0.05, 0.1) is 10.7 Å². The fraction of sp³-hybridized carbons (Fsp3) is 0.269. The number of pyridine rings is 2. The maximum atomic E-state index is 12.6. The van der Waals surface area contributed by atoms with Gasteiger partial charge in [-0.15, -0.1) is 0 Å². The van der Waals surface area contributed by atoms with Crippen molar-refractivity contribution in [1.29, 1.82) is 0 Å². The van der Waals surface area contributed by atoms with Gasteiger partial charge in [-0.2, -0.15) is 0 Å². The van der Waals surface area contributed by atoms with E-state index in [1.807, 2.05) is 13.0 Å². The molecule has 0 unspecified atom stereocenters. The van der Waals surface area contributed by atoms with Gasteiger partial charge in [-0.1, -0.05) is 17.7 Å². The van der Waals surface area contributed by atoms with Crippen LogP contribution in [0.25, 0.3) is 28.1 Å². The number of halogens is 1. The monoisotopic (exact) mass is 491 g/mol. The standard InChI is InChI=1S/C26H26ClN5O3/c1-16-13-20(17-3-5-22(21(27)14-17)31-12-11-30(2)26(31)35)25(34)24(29-16)18-4-6-23(33)32(15-18)19-7-9-28-10-8-19/h3-6,11-15,19,28,34H,7-10H2,1-2H3. The summed E-state index contributed by atoms with van der Waals surface area (Å²) < 4.78 is 4.69. The highest BCUT2D eigenvalue weighted by molar-refractivity contribution is 6.32. The minimum absolute atomic E-state index is 0.00630. The molecular formula is C26H26ClN5O3. The molecule has 8 nitrogen and oxygen atoms in total. The van der Waals surface area contributed by atoms with Gasteiger partial charge < -0.3 is 19.6 Å². The summed E-state index contributed by atoms with van der Waals surface area (Å²) in [6.07, 6.45) is 6.86. The molecule has 4 heterocycles. The maximum absolute atomic E-state index is 12.6. The molecule has 0 atom stereocenters. The van der Waals surface area contributed by atoms with Crippen molar-refractivity contribution in [2.75, 3.05) is 13.1 Å². The van der Waals surface area contributed by atoms with Crippen LogP contribution in [0.5, 0.6) is 5.75 Å². The Hall–Kier alpha value is -3.62. The molecule has 0 radical (unpaired) electrons. The molecule has 0 spiro atoms. The van der Waals surface area contributed by atoms with Gasteiger partial charge in [-0.25, -0.2) is 9.78 Å². The normalized spacial score (nSPS) is 14.4. The van der Waals surface area contributed by atoms with Gasteiger partial charge in [0.1, 0.15) is 11.4 Å². The molecule has 2 N–H and O–H groups in total. The SMILES string of the molecule is Cc1cc(-c2ccc(-n3ccn(C)c3=O)c(Cl)c2)c(O)c(-c2ccc(=O)n(C3CCNCC3)c2)n1. The second-order valence-corrected chi connectivity index (χ2v) is 9.29. The molecule has 180 valence electrons. The van der Waals surface area contributed by atoms with Crippen LogP contribution in [0.15, 0.2) is 64.6 Å². The highest BCUT2D eigenvalue weighted by Crippen LogP contribution is 2.39. The van der Waals surface area contributed by atoms with Crippen molar-refractivity contribution in [2.45, 2.75) is 25.8 Å². The van der Waals surface area contributed by atoms with E-state index in [0.717, 1.165) is 25.9 Å². The van der Waals surface area contributed by atoms with E-state index >= 15 is 0 Å². The first-order chi connectivity index (χ1) is 16.8. The number of piperidine rings is 1. The molecule has 3 aromatic heterocycles. The van der Waals surface area contributed by atoms with Gasteiger partial charge in [0.2, 0.25) is 0 Å². The van der Waals surface area contributed by atoms with Crippen molar-refractivity contribution in [2.24, 2.45) is 7.05 Å². The fourth-order valence-corrected chi connectivity index (χ4v) is 4.89. The summed E-state index contributed by atoms with van der Waals surface area (Å²) in [5, 5.41) is 15.0. The second-order valence-electron chi connectivity index (χ2n) is 8.88. The minimum Gasteiger partial charge on any atom is -0.505 e. The zero-order valence-corrected chi connectivity index (χ0v) is 20.3. The average molecular weight is 492 g/mol. The molecule has 1 aromatic carbocycles. The molecule has 1 aliphatic heterocycles. The summed E-state index contributed by atoms with van der Waals surface area (Å²) in [4.78, 5) is 29.5. The summed E-state index contributed by atoms with van der Waals surface area (Å²) in [5.74, 6) is 0.00630. The van der Waals surface area contributed by atoms with Crippen molar-refractivity contribution in [3.63, 3.8) is 0 Å². The molecule has 0 amide bonds. The minimum atomic E-state index is -0.201. The predicted molar refractivity (Wildman–Crippen MR) is 136 cm³/mol. The summed E-state index contributed by atoms with van der Waals surface area (Å²) >= 11 is 6.56. The molecule has 1 aliphatic rings. The lowest BCUT2D eigenvalue weighted by atomic mass is 10.0. The average Bonchev–Trinajstić information content (AvgIpc) is 3.19. The number of benzene rings is 1. The number of imidazole rings is 1. The molecular weight excluding hydrogens is 466 g/mol. The molecule has 1 fully saturated rings. The van der Waals surface area contributed by atoms with E-state index in [2.05, 4.69) is 10.3 Å². The van der Waals surface area contributed by atoms with Crippen LogP contribution in [0.4, 0.5) is 0 Å². The molecule has 9 heteroatoms. The Morgan fingerprint density at radius 1 is 1.06 bits per heavy atom. The van der Waals surface area contributed by atoms with Crippen molar-refractivity contribution in [3.05, 3.63) is 86.5 Å². The van der Waals surface area contributed by atoms with Crippen LogP contribution < -0.4 is 16.6 Å². The van der Waals surface area contributed by atoms with E-state index in [-0.39, 0.29) is 23.0 Å². The summed E-state index contributed by atoms with van der Waals surface area (Å²) in [6, 6.07) is 10.4. The Balaban J connectivity index is 1.58. The molecule has 35 heavy (non-hydrogen) atoms. The Labute approximate surface area is 207 Å². The van der Waals surface area contributed by atoms with E-state index in [1.165, 1.54) is 15.2 Å². The van der Waals surface area contributed by atoms with E-state index in [1.54, 1.807) is 54.5 Å². The van der Waals surface area contributed by atoms with Gasteiger partial charge in [0.25, 0.3) is 5.56 Å². The van der Waals surface area contributed by atoms with Crippen molar-refractivity contribution < 1.29 is 5.11 Å². The van der Waals surface area contributed by atoms with Crippen LogP contribution >= 0.6 is 11.6 Å². The first-order valence-electron chi connectivity index (χ1n) is 11.5. The second kappa shape index (κ2) is 9.20.